The van der Waals surface area contributed by atoms with E-state index in [9.17, 15) is 0 Å². The minimum absolute atomic E-state index is 0.723. The standard InChI is InChI=1S/C11H19N3S/c1-2-5-12-10-3-7-14(8-4-10)11-13-6-9-15-11/h6,9-10,12H,2-5,7-8H2,1H3. The van der Waals surface area contributed by atoms with Crippen molar-refractivity contribution in [2.24, 2.45) is 0 Å². The summed E-state index contributed by atoms with van der Waals surface area (Å²) in [5, 5.41) is 6.83. The molecule has 1 aromatic rings. The Morgan fingerprint density at radius 3 is 2.93 bits per heavy atom. The number of nitrogens with zero attached hydrogens (tertiary/aromatic N) is 2. The topological polar surface area (TPSA) is 28.2 Å². The quantitative estimate of drug-likeness (QED) is 0.850. The van der Waals surface area contributed by atoms with Crippen molar-refractivity contribution in [3.63, 3.8) is 0 Å². The summed E-state index contributed by atoms with van der Waals surface area (Å²) in [6.07, 6.45) is 5.62. The van der Waals surface area contributed by atoms with Crippen LogP contribution in [0.4, 0.5) is 5.13 Å². The van der Waals surface area contributed by atoms with Crippen LogP contribution in [-0.2, 0) is 0 Å². The first-order valence-corrected chi connectivity index (χ1v) is 6.66. The fraction of sp³-hybridized carbons (Fsp3) is 0.727. The van der Waals surface area contributed by atoms with Gasteiger partial charge in [-0.15, -0.1) is 11.3 Å². The Kier molecular flexibility index (Phi) is 3.97. The lowest BCUT2D eigenvalue weighted by Crippen LogP contribution is -2.42. The van der Waals surface area contributed by atoms with Gasteiger partial charge in [0.2, 0.25) is 0 Å². The number of anilines is 1. The SMILES string of the molecule is CCCNC1CCN(c2nccs2)CC1. The van der Waals surface area contributed by atoms with Gasteiger partial charge in [-0.05, 0) is 25.8 Å². The van der Waals surface area contributed by atoms with Crippen LogP contribution >= 0.6 is 11.3 Å². The molecule has 1 N–H and O–H groups in total. The largest absolute Gasteiger partial charge is 0.348 e. The van der Waals surface area contributed by atoms with Crippen LogP contribution in [0.1, 0.15) is 26.2 Å². The summed E-state index contributed by atoms with van der Waals surface area (Å²) in [6, 6.07) is 0.723. The average molecular weight is 225 g/mol. The van der Waals surface area contributed by atoms with Crippen molar-refractivity contribution in [3.8, 4) is 0 Å². The van der Waals surface area contributed by atoms with Crippen LogP contribution in [0.25, 0.3) is 0 Å². The molecule has 0 spiro atoms. The van der Waals surface area contributed by atoms with Gasteiger partial charge >= 0.3 is 0 Å². The number of hydrogen-bond donors (Lipinski definition) is 1. The summed E-state index contributed by atoms with van der Waals surface area (Å²) in [7, 11) is 0. The highest BCUT2D eigenvalue weighted by Crippen LogP contribution is 2.21. The minimum Gasteiger partial charge on any atom is -0.348 e. The van der Waals surface area contributed by atoms with E-state index in [2.05, 4.69) is 27.5 Å². The summed E-state index contributed by atoms with van der Waals surface area (Å²) >= 11 is 1.74. The normalized spacial score (nSPS) is 18.3. The molecule has 0 aromatic carbocycles. The number of nitrogens with one attached hydrogen (secondary N) is 1. The first-order chi connectivity index (χ1) is 7.40. The fourth-order valence-corrected chi connectivity index (χ4v) is 2.69. The maximum atomic E-state index is 4.35. The molecule has 0 amide bonds. The highest BCUT2D eigenvalue weighted by molar-refractivity contribution is 7.13. The van der Waals surface area contributed by atoms with Crippen LogP contribution in [0.15, 0.2) is 11.6 Å². The molecule has 2 heterocycles. The van der Waals surface area contributed by atoms with Crippen LogP contribution in [0, 0.1) is 0 Å². The number of rotatable bonds is 4. The summed E-state index contributed by atoms with van der Waals surface area (Å²) in [6.45, 7) is 5.67. The summed E-state index contributed by atoms with van der Waals surface area (Å²) in [5.74, 6) is 0. The predicted molar refractivity (Wildman–Crippen MR) is 65.6 cm³/mol. The molecule has 2 rings (SSSR count). The molecule has 1 aliphatic rings. The summed E-state index contributed by atoms with van der Waals surface area (Å²) in [4.78, 5) is 6.75. The van der Waals surface area contributed by atoms with Crippen LogP contribution in [0.5, 0.6) is 0 Å². The molecule has 0 bridgehead atoms. The molecule has 1 saturated heterocycles. The number of thiazole rings is 1. The highest BCUT2D eigenvalue weighted by atomic mass is 32.1. The Bertz CT molecular complexity index is 265. The monoisotopic (exact) mass is 225 g/mol. The maximum absolute atomic E-state index is 4.35. The van der Waals surface area contributed by atoms with E-state index in [1.54, 1.807) is 11.3 Å². The molecule has 0 aliphatic carbocycles. The maximum Gasteiger partial charge on any atom is 0.185 e. The van der Waals surface area contributed by atoms with Crippen molar-refractivity contribution in [2.75, 3.05) is 24.5 Å². The zero-order valence-corrected chi connectivity index (χ0v) is 10.1. The van der Waals surface area contributed by atoms with Crippen molar-refractivity contribution in [3.05, 3.63) is 11.6 Å². The Morgan fingerprint density at radius 2 is 2.33 bits per heavy atom. The number of piperidine rings is 1. The third-order valence-corrected chi connectivity index (χ3v) is 3.70. The lowest BCUT2D eigenvalue weighted by Gasteiger charge is -2.32. The average Bonchev–Trinajstić information content (AvgIpc) is 2.80. The van der Waals surface area contributed by atoms with Gasteiger partial charge in [-0.3, -0.25) is 0 Å². The molecule has 0 saturated carbocycles. The highest BCUT2D eigenvalue weighted by Gasteiger charge is 2.19. The number of hydrogen-bond acceptors (Lipinski definition) is 4. The van der Waals surface area contributed by atoms with Gasteiger partial charge in [0, 0.05) is 30.7 Å². The van der Waals surface area contributed by atoms with Gasteiger partial charge in [0.1, 0.15) is 0 Å². The molecule has 0 atom stereocenters. The smallest absolute Gasteiger partial charge is 0.185 e. The molecule has 1 fully saturated rings. The molecular weight excluding hydrogens is 206 g/mol. The van der Waals surface area contributed by atoms with Gasteiger partial charge in [0.15, 0.2) is 5.13 Å². The van der Waals surface area contributed by atoms with Crippen LogP contribution in [0.2, 0.25) is 0 Å². The lowest BCUT2D eigenvalue weighted by atomic mass is 10.1. The first-order valence-electron chi connectivity index (χ1n) is 5.78. The summed E-state index contributed by atoms with van der Waals surface area (Å²) in [5.41, 5.74) is 0. The Labute approximate surface area is 95.5 Å². The van der Waals surface area contributed by atoms with Crippen molar-refractivity contribution in [2.45, 2.75) is 32.2 Å². The third-order valence-electron chi connectivity index (χ3n) is 2.87. The van der Waals surface area contributed by atoms with E-state index in [4.69, 9.17) is 0 Å². The Balaban J connectivity index is 1.77. The molecule has 1 aliphatic heterocycles. The van der Waals surface area contributed by atoms with E-state index in [1.165, 1.54) is 24.4 Å². The van der Waals surface area contributed by atoms with E-state index in [-0.39, 0.29) is 0 Å². The van der Waals surface area contributed by atoms with Crippen LogP contribution < -0.4 is 10.2 Å². The van der Waals surface area contributed by atoms with Crippen molar-refractivity contribution in [1.82, 2.24) is 10.3 Å². The van der Waals surface area contributed by atoms with Crippen molar-refractivity contribution < 1.29 is 0 Å². The molecule has 84 valence electrons. The van der Waals surface area contributed by atoms with Crippen LogP contribution in [0.3, 0.4) is 0 Å². The number of aromatic nitrogens is 1. The molecule has 4 heteroatoms. The molecule has 0 radical (unpaired) electrons. The van der Waals surface area contributed by atoms with Crippen molar-refractivity contribution >= 4 is 16.5 Å². The predicted octanol–water partition coefficient (Wildman–Crippen LogP) is 2.11. The van der Waals surface area contributed by atoms with Crippen molar-refractivity contribution in [1.29, 1.82) is 0 Å². The molecule has 1 aromatic heterocycles. The molecule has 15 heavy (non-hydrogen) atoms. The second kappa shape index (κ2) is 5.47. The van der Waals surface area contributed by atoms with Gasteiger partial charge in [-0.1, -0.05) is 6.92 Å². The van der Waals surface area contributed by atoms with Gasteiger partial charge < -0.3 is 10.2 Å². The lowest BCUT2D eigenvalue weighted by molar-refractivity contribution is 0.415. The van der Waals surface area contributed by atoms with Gasteiger partial charge in [-0.25, -0.2) is 4.98 Å². The first kappa shape index (κ1) is 10.9. The van der Waals surface area contributed by atoms with E-state index >= 15 is 0 Å². The van der Waals surface area contributed by atoms with E-state index in [1.807, 2.05) is 6.20 Å². The van der Waals surface area contributed by atoms with Gasteiger partial charge in [0.05, 0.1) is 0 Å². The Morgan fingerprint density at radius 1 is 1.53 bits per heavy atom. The second-order valence-corrected chi connectivity index (χ2v) is 4.90. The second-order valence-electron chi connectivity index (χ2n) is 4.03. The van der Waals surface area contributed by atoms with Gasteiger partial charge in [-0.2, -0.15) is 0 Å². The Hall–Kier alpha value is -0.610. The van der Waals surface area contributed by atoms with E-state index in [0.29, 0.717) is 0 Å². The summed E-state index contributed by atoms with van der Waals surface area (Å²) < 4.78 is 0. The molecule has 3 nitrogen and oxygen atoms in total. The minimum atomic E-state index is 0.723. The van der Waals surface area contributed by atoms with Crippen LogP contribution in [-0.4, -0.2) is 30.7 Å². The fourth-order valence-electron chi connectivity index (χ4n) is 2.00. The zero-order chi connectivity index (χ0) is 10.5. The van der Waals surface area contributed by atoms with E-state index in [0.717, 1.165) is 25.7 Å². The van der Waals surface area contributed by atoms with E-state index < -0.39 is 0 Å². The zero-order valence-electron chi connectivity index (χ0n) is 9.28. The third kappa shape index (κ3) is 2.92. The molecule has 0 unspecified atom stereocenters. The van der Waals surface area contributed by atoms with Gasteiger partial charge in [0.25, 0.3) is 0 Å². The molecular formula is C11H19N3S.